The quantitative estimate of drug-likeness (QED) is 0.530. The van der Waals surface area contributed by atoms with Gasteiger partial charge in [0.2, 0.25) is 5.91 Å². The van der Waals surface area contributed by atoms with Crippen LogP contribution in [0.15, 0.2) is 12.3 Å². The molecule has 2 fully saturated rings. The van der Waals surface area contributed by atoms with Gasteiger partial charge in [0.15, 0.2) is 12.0 Å². The Labute approximate surface area is 173 Å². The van der Waals surface area contributed by atoms with Gasteiger partial charge in [-0.15, -0.1) is 0 Å². The van der Waals surface area contributed by atoms with Crippen molar-refractivity contribution >= 4 is 11.7 Å². The fourth-order valence-corrected chi connectivity index (χ4v) is 3.84. The Morgan fingerprint density at radius 1 is 1.38 bits per heavy atom. The molecule has 2 saturated heterocycles. The number of anilines is 1. The van der Waals surface area contributed by atoms with Gasteiger partial charge in [-0.1, -0.05) is 20.8 Å². The molecule has 160 valence electrons. The van der Waals surface area contributed by atoms with Crippen LogP contribution in [0.5, 0.6) is 0 Å². The van der Waals surface area contributed by atoms with Crippen LogP contribution in [-0.4, -0.2) is 57.6 Å². The molecule has 1 aromatic rings. The van der Waals surface area contributed by atoms with Crippen LogP contribution in [-0.2, 0) is 20.8 Å². The number of carbonyl (C=O) groups excluding carboxylic acids is 1. The summed E-state index contributed by atoms with van der Waals surface area (Å²) in [5.41, 5.74) is -0.271. The molecule has 1 aromatic heterocycles. The number of aromatic nitrogens is 2. The van der Waals surface area contributed by atoms with E-state index < -0.39 is 6.04 Å². The van der Waals surface area contributed by atoms with Crippen molar-refractivity contribution in [2.75, 3.05) is 18.5 Å². The summed E-state index contributed by atoms with van der Waals surface area (Å²) in [6, 6.07) is 1.45. The number of carbonyl (C=O) groups is 1. The van der Waals surface area contributed by atoms with E-state index in [1.807, 2.05) is 20.0 Å². The van der Waals surface area contributed by atoms with Crippen molar-refractivity contribution in [1.82, 2.24) is 14.7 Å². The predicted molar refractivity (Wildman–Crippen MR) is 109 cm³/mol. The minimum atomic E-state index is -0.434. The SMILES string of the molecule is CC(C)(C)CC1CCC(C(=O)Nc2ccn(CC(C)(C)OC[C@H]3CO3)n2)N1C#N. The molecule has 8 nitrogen and oxygen atoms in total. The summed E-state index contributed by atoms with van der Waals surface area (Å²) in [5, 5.41) is 16.9. The van der Waals surface area contributed by atoms with Crippen molar-refractivity contribution in [3.8, 4) is 6.19 Å². The molecule has 2 aliphatic rings. The number of hydrogen-bond donors (Lipinski definition) is 1. The molecule has 3 rings (SSSR count). The number of likely N-dealkylation sites (tertiary alicyclic amines) is 1. The van der Waals surface area contributed by atoms with Crippen LogP contribution in [0, 0.1) is 16.9 Å². The lowest BCUT2D eigenvalue weighted by Gasteiger charge is -2.29. The number of ether oxygens (including phenoxy) is 2. The highest BCUT2D eigenvalue weighted by atomic mass is 16.6. The number of nitrogens with zero attached hydrogens (tertiary/aromatic N) is 4. The molecule has 0 aliphatic carbocycles. The molecular formula is C21H33N5O3. The second kappa shape index (κ2) is 8.33. The number of nitriles is 1. The minimum absolute atomic E-state index is 0.113. The lowest BCUT2D eigenvalue weighted by atomic mass is 9.87. The van der Waals surface area contributed by atoms with E-state index in [0.717, 1.165) is 19.4 Å². The molecular weight excluding hydrogens is 370 g/mol. The third kappa shape index (κ3) is 6.18. The topological polar surface area (TPSA) is 95.7 Å². The van der Waals surface area contributed by atoms with Crippen LogP contribution in [0.4, 0.5) is 5.82 Å². The van der Waals surface area contributed by atoms with Crippen molar-refractivity contribution < 1.29 is 14.3 Å². The van der Waals surface area contributed by atoms with Crippen molar-refractivity contribution in [2.45, 2.75) is 84.2 Å². The zero-order valence-corrected chi connectivity index (χ0v) is 18.1. The molecule has 1 N–H and O–H groups in total. The Morgan fingerprint density at radius 2 is 2.10 bits per heavy atom. The number of rotatable bonds is 8. The summed E-state index contributed by atoms with van der Waals surface area (Å²) in [5.74, 6) is 0.322. The number of nitrogens with one attached hydrogen (secondary N) is 1. The lowest BCUT2D eigenvalue weighted by Crippen LogP contribution is -2.41. The minimum Gasteiger partial charge on any atom is -0.371 e. The van der Waals surface area contributed by atoms with E-state index in [4.69, 9.17) is 9.47 Å². The molecule has 2 aliphatic heterocycles. The summed E-state index contributed by atoms with van der Waals surface area (Å²) >= 11 is 0. The summed E-state index contributed by atoms with van der Waals surface area (Å²) in [6.07, 6.45) is 6.71. The first-order valence-corrected chi connectivity index (χ1v) is 10.3. The summed E-state index contributed by atoms with van der Waals surface area (Å²) in [7, 11) is 0. The van der Waals surface area contributed by atoms with E-state index in [0.29, 0.717) is 25.4 Å². The molecule has 0 bridgehead atoms. The molecule has 0 spiro atoms. The molecule has 8 heteroatoms. The first kappa shape index (κ1) is 21.6. The zero-order chi connectivity index (χ0) is 21.2. The third-order valence-corrected chi connectivity index (χ3v) is 5.27. The largest absolute Gasteiger partial charge is 0.371 e. The van der Waals surface area contributed by atoms with Gasteiger partial charge in [0.05, 0.1) is 25.4 Å². The van der Waals surface area contributed by atoms with Gasteiger partial charge in [0, 0.05) is 18.3 Å². The van der Waals surface area contributed by atoms with Crippen molar-refractivity contribution in [3.63, 3.8) is 0 Å². The highest BCUT2D eigenvalue weighted by Crippen LogP contribution is 2.33. The van der Waals surface area contributed by atoms with Crippen LogP contribution >= 0.6 is 0 Å². The molecule has 29 heavy (non-hydrogen) atoms. The van der Waals surface area contributed by atoms with Crippen LogP contribution in [0.1, 0.15) is 53.9 Å². The van der Waals surface area contributed by atoms with E-state index in [1.54, 1.807) is 15.6 Å². The first-order valence-electron chi connectivity index (χ1n) is 10.3. The van der Waals surface area contributed by atoms with Gasteiger partial charge in [0.25, 0.3) is 0 Å². The lowest BCUT2D eigenvalue weighted by molar-refractivity contribution is -0.119. The van der Waals surface area contributed by atoms with E-state index in [9.17, 15) is 10.1 Å². The molecule has 3 heterocycles. The van der Waals surface area contributed by atoms with Crippen LogP contribution < -0.4 is 5.32 Å². The first-order chi connectivity index (χ1) is 13.6. The maximum absolute atomic E-state index is 12.8. The number of hydrogen-bond acceptors (Lipinski definition) is 6. The number of epoxide rings is 1. The Kier molecular flexibility index (Phi) is 6.20. The molecule has 0 radical (unpaired) electrons. The average molecular weight is 404 g/mol. The molecule has 1 amide bonds. The van der Waals surface area contributed by atoms with E-state index >= 15 is 0 Å². The van der Waals surface area contributed by atoms with Gasteiger partial charge in [-0.2, -0.15) is 10.4 Å². The summed E-state index contributed by atoms with van der Waals surface area (Å²) in [4.78, 5) is 14.4. The van der Waals surface area contributed by atoms with E-state index in [-0.39, 0.29) is 29.1 Å². The summed E-state index contributed by atoms with van der Waals surface area (Å²) < 4.78 is 12.8. The molecule has 0 aromatic carbocycles. The predicted octanol–water partition coefficient (Wildman–Crippen LogP) is 2.77. The average Bonchev–Trinajstić information content (AvgIpc) is 3.22. The highest BCUT2D eigenvalue weighted by molar-refractivity contribution is 5.94. The third-order valence-electron chi connectivity index (χ3n) is 5.27. The van der Waals surface area contributed by atoms with Gasteiger partial charge in [0.1, 0.15) is 12.1 Å². The van der Waals surface area contributed by atoms with E-state index in [1.165, 1.54) is 0 Å². The van der Waals surface area contributed by atoms with Gasteiger partial charge in [-0.25, -0.2) is 0 Å². The molecule has 2 unspecified atom stereocenters. The normalized spacial score (nSPS) is 24.4. The van der Waals surface area contributed by atoms with Crippen molar-refractivity contribution in [1.29, 1.82) is 5.26 Å². The summed E-state index contributed by atoms with van der Waals surface area (Å²) in [6.45, 7) is 12.4. The fourth-order valence-electron chi connectivity index (χ4n) is 3.84. The maximum Gasteiger partial charge on any atom is 0.249 e. The second-order valence-corrected chi connectivity index (χ2v) is 9.93. The Balaban J connectivity index is 1.55. The molecule has 0 saturated carbocycles. The zero-order valence-electron chi connectivity index (χ0n) is 18.1. The Morgan fingerprint density at radius 3 is 2.72 bits per heavy atom. The fraction of sp³-hybridized carbons (Fsp3) is 0.762. The van der Waals surface area contributed by atoms with Crippen LogP contribution in [0.25, 0.3) is 0 Å². The smallest absolute Gasteiger partial charge is 0.249 e. The second-order valence-electron chi connectivity index (χ2n) is 9.93. The van der Waals surface area contributed by atoms with Crippen molar-refractivity contribution in [2.24, 2.45) is 5.41 Å². The van der Waals surface area contributed by atoms with Gasteiger partial charge >= 0.3 is 0 Å². The van der Waals surface area contributed by atoms with Crippen molar-refractivity contribution in [3.05, 3.63) is 12.3 Å². The van der Waals surface area contributed by atoms with Gasteiger partial charge < -0.3 is 14.8 Å². The maximum atomic E-state index is 12.8. The Hall–Kier alpha value is -2.11. The van der Waals surface area contributed by atoms with Crippen LogP contribution in [0.2, 0.25) is 0 Å². The Bertz CT molecular complexity index is 757. The van der Waals surface area contributed by atoms with Crippen LogP contribution in [0.3, 0.4) is 0 Å². The molecule has 3 atom stereocenters. The van der Waals surface area contributed by atoms with Gasteiger partial charge in [-0.3, -0.25) is 14.4 Å². The number of amides is 1. The standard InChI is InChI=1S/C21H33N5O3/c1-20(2,3)10-15-6-7-17(26(15)14-22)19(27)23-18-8-9-25(24-18)13-21(4,5)29-12-16-11-28-16/h8-9,15-17H,6-7,10-13H2,1-5H3,(H,23,24,27)/t15?,16-,17?/m1/s1. The van der Waals surface area contributed by atoms with Gasteiger partial charge in [-0.05, 0) is 38.5 Å². The monoisotopic (exact) mass is 403 g/mol. The highest BCUT2D eigenvalue weighted by Gasteiger charge is 2.39. The van der Waals surface area contributed by atoms with E-state index in [2.05, 4.69) is 37.4 Å².